The number of ether oxygens (including phenoxy) is 2. The fraction of sp³-hybridized carbons (Fsp3) is 0.222. The number of phenols is 1. The SMILES string of the molecule is CCOC(=O)COc1ccc(C(=O)c2ccc(O)c(CNO)c2)c(Cl)c1Cl.Cl. The van der Waals surface area contributed by atoms with Gasteiger partial charge in [0.05, 0.1) is 11.6 Å². The molecule has 0 aliphatic carbocycles. The van der Waals surface area contributed by atoms with Crippen LogP contribution in [-0.2, 0) is 16.1 Å². The molecule has 10 heteroatoms. The molecule has 2 rings (SSSR count). The first-order chi connectivity index (χ1) is 12.9. The molecular formula is C18H18Cl3NO6. The predicted octanol–water partition coefficient (Wildman–Crippen LogP) is 3.77. The Hall–Kier alpha value is -2.03. The Kier molecular flexibility index (Phi) is 9.51. The van der Waals surface area contributed by atoms with E-state index in [0.29, 0.717) is 5.56 Å². The van der Waals surface area contributed by atoms with Crippen molar-refractivity contribution in [2.24, 2.45) is 0 Å². The normalized spacial score (nSPS) is 10.1. The van der Waals surface area contributed by atoms with E-state index >= 15 is 0 Å². The lowest BCUT2D eigenvalue weighted by Crippen LogP contribution is -2.15. The monoisotopic (exact) mass is 449 g/mol. The predicted molar refractivity (Wildman–Crippen MR) is 106 cm³/mol. The fourth-order valence-electron chi connectivity index (χ4n) is 2.27. The summed E-state index contributed by atoms with van der Waals surface area (Å²) < 4.78 is 10.0. The first-order valence-electron chi connectivity index (χ1n) is 7.89. The molecule has 0 spiro atoms. The van der Waals surface area contributed by atoms with Crippen LogP contribution in [0.5, 0.6) is 11.5 Å². The van der Waals surface area contributed by atoms with Gasteiger partial charge >= 0.3 is 5.97 Å². The van der Waals surface area contributed by atoms with E-state index in [4.69, 9.17) is 37.9 Å². The molecule has 0 fully saturated rings. The minimum atomic E-state index is -0.557. The highest BCUT2D eigenvalue weighted by atomic mass is 35.5. The lowest BCUT2D eigenvalue weighted by Gasteiger charge is -2.12. The van der Waals surface area contributed by atoms with Gasteiger partial charge in [-0.05, 0) is 37.3 Å². The van der Waals surface area contributed by atoms with Crippen molar-refractivity contribution < 1.29 is 29.4 Å². The van der Waals surface area contributed by atoms with Crippen molar-refractivity contribution in [3.05, 3.63) is 57.1 Å². The average Bonchev–Trinajstić information content (AvgIpc) is 2.64. The maximum atomic E-state index is 12.7. The fourth-order valence-corrected chi connectivity index (χ4v) is 2.73. The number of ketones is 1. The number of hydroxylamine groups is 1. The van der Waals surface area contributed by atoms with Crippen LogP contribution in [0.2, 0.25) is 10.0 Å². The van der Waals surface area contributed by atoms with Crippen LogP contribution in [0.25, 0.3) is 0 Å². The highest BCUT2D eigenvalue weighted by molar-refractivity contribution is 6.45. The quantitative estimate of drug-likeness (QED) is 0.319. The van der Waals surface area contributed by atoms with Crippen LogP contribution in [0.3, 0.4) is 0 Å². The van der Waals surface area contributed by atoms with Gasteiger partial charge in [0.25, 0.3) is 0 Å². The third-order valence-electron chi connectivity index (χ3n) is 3.55. The topological polar surface area (TPSA) is 105 Å². The van der Waals surface area contributed by atoms with Crippen LogP contribution < -0.4 is 10.2 Å². The molecule has 0 amide bonds. The smallest absolute Gasteiger partial charge is 0.344 e. The second kappa shape index (κ2) is 11.1. The van der Waals surface area contributed by atoms with E-state index in [9.17, 15) is 14.7 Å². The van der Waals surface area contributed by atoms with Crippen molar-refractivity contribution in [2.75, 3.05) is 13.2 Å². The van der Waals surface area contributed by atoms with Gasteiger partial charge in [0, 0.05) is 23.2 Å². The van der Waals surface area contributed by atoms with E-state index in [2.05, 4.69) is 0 Å². The van der Waals surface area contributed by atoms with Crippen molar-refractivity contribution in [1.29, 1.82) is 0 Å². The number of hydrogen-bond acceptors (Lipinski definition) is 7. The summed E-state index contributed by atoms with van der Waals surface area (Å²) in [5.74, 6) is -0.918. The number of carbonyl (C=O) groups is 2. The first-order valence-corrected chi connectivity index (χ1v) is 8.64. The standard InChI is InChI=1S/C18H17Cl2NO6.ClH/c1-2-26-15(23)9-27-14-6-4-12(16(19)17(14)20)18(24)10-3-5-13(22)11(7-10)8-21-25;/h3-7,21-22,25H,2,8-9H2,1H3;1H. The summed E-state index contributed by atoms with van der Waals surface area (Å²) in [7, 11) is 0. The van der Waals surface area contributed by atoms with Crippen molar-refractivity contribution in [2.45, 2.75) is 13.5 Å². The Labute approximate surface area is 177 Å². The van der Waals surface area contributed by atoms with E-state index in [1.165, 1.54) is 30.3 Å². The molecule has 7 nitrogen and oxygen atoms in total. The van der Waals surface area contributed by atoms with Crippen LogP contribution >= 0.6 is 35.6 Å². The zero-order valence-electron chi connectivity index (χ0n) is 14.7. The largest absolute Gasteiger partial charge is 0.508 e. The molecule has 152 valence electrons. The van der Waals surface area contributed by atoms with Crippen molar-refractivity contribution >= 4 is 47.4 Å². The molecule has 0 heterocycles. The second-order valence-electron chi connectivity index (χ2n) is 5.34. The van der Waals surface area contributed by atoms with E-state index in [1.54, 1.807) is 6.92 Å². The molecule has 2 aromatic carbocycles. The van der Waals surface area contributed by atoms with Crippen molar-refractivity contribution in [1.82, 2.24) is 5.48 Å². The third-order valence-corrected chi connectivity index (χ3v) is 4.42. The Morgan fingerprint density at radius 1 is 1.14 bits per heavy atom. The molecule has 0 aliphatic heterocycles. The van der Waals surface area contributed by atoms with Gasteiger partial charge < -0.3 is 19.8 Å². The van der Waals surface area contributed by atoms with E-state index < -0.39 is 11.8 Å². The van der Waals surface area contributed by atoms with Crippen LogP contribution in [-0.4, -0.2) is 35.3 Å². The van der Waals surface area contributed by atoms with Gasteiger partial charge in [0.2, 0.25) is 0 Å². The number of esters is 1. The zero-order valence-corrected chi connectivity index (χ0v) is 17.0. The van der Waals surface area contributed by atoms with Gasteiger partial charge in [-0.25, -0.2) is 10.3 Å². The highest BCUT2D eigenvalue weighted by Crippen LogP contribution is 2.36. The Bertz CT molecular complexity index is 859. The van der Waals surface area contributed by atoms with E-state index in [0.717, 1.165) is 0 Å². The van der Waals surface area contributed by atoms with Gasteiger partial charge in [-0.2, -0.15) is 0 Å². The summed E-state index contributed by atoms with van der Waals surface area (Å²) in [6, 6.07) is 7.04. The van der Waals surface area contributed by atoms with Crippen molar-refractivity contribution in [3.8, 4) is 11.5 Å². The van der Waals surface area contributed by atoms with Crippen LogP contribution in [0.4, 0.5) is 0 Å². The van der Waals surface area contributed by atoms with Crippen molar-refractivity contribution in [3.63, 3.8) is 0 Å². The Morgan fingerprint density at radius 3 is 2.50 bits per heavy atom. The molecule has 0 atom stereocenters. The molecule has 0 unspecified atom stereocenters. The molecule has 0 saturated heterocycles. The second-order valence-corrected chi connectivity index (χ2v) is 6.10. The molecule has 3 N–H and O–H groups in total. The van der Waals surface area contributed by atoms with E-state index in [-0.39, 0.29) is 64.8 Å². The number of rotatable bonds is 8. The van der Waals surface area contributed by atoms with Crippen LogP contribution in [0, 0.1) is 0 Å². The highest BCUT2D eigenvalue weighted by Gasteiger charge is 2.19. The number of hydrogen-bond donors (Lipinski definition) is 3. The van der Waals surface area contributed by atoms with Crippen LogP contribution in [0.15, 0.2) is 30.3 Å². The molecule has 0 saturated carbocycles. The molecule has 28 heavy (non-hydrogen) atoms. The first kappa shape index (κ1) is 24.0. The molecule has 0 radical (unpaired) electrons. The minimum absolute atomic E-state index is 0. The third kappa shape index (κ3) is 5.73. The van der Waals surface area contributed by atoms with E-state index in [1.807, 2.05) is 5.48 Å². The summed E-state index contributed by atoms with van der Waals surface area (Å²) in [4.78, 5) is 24.1. The van der Waals surface area contributed by atoms with Gasteiger partial charge in [-0.1, -0.05) is 23.2 Å². The Morgan fingerprint density at radius 2 is 1.86 bits per heavy atom. The number of nitrogens with one attached hydrogen (secondary N) is 1. The molecule has 0 aromatic heterocycles. The number of phenolic OH excluding ortho intramolecular Hbond substituents is 1. The zero-order chi connectivity index (χ0) is 20.0. The lowest BCUT2D eigenvalue weighted by molar-refractivity contribution is -0.145. The average molecular weight is 451 g/mol. The van der Waals surface area contributed by atoms with Gasteiger partial charge in [-0.15, -0.1) is 12.4 Å². The summed E-state index contributed by atoms with van der Waals surface area (Å²) >= 11 is 12.4. The van der Waals surface area contributed by atoms with Gasteiger partial charge in [0.1, 0.15) is 16.5 Å². The molecule has 0 bridgehead atoms. The van der Waals surface area contributed by atoms with Gasteiger partial charge in [-0.3, -0.25) is 4.79 Å². The number of halogens is 3. The molecule has 0 aliphatic rings. The summed E-state index contributed by atoms with van der Waals surface area (Å²) in [5, 5.41) is 18.5. The number of carbonyl (C=O) groups excluding carboxylic acids is 2. The number of benzene rings is 2. The minimum Gasteiger partial charge on any atom is -0.508 e. The maximum absolute atomic E-state index is 12.7. The summed E-state index contributed by atoms with van der Waals surface area (Å²) in [6.45, 7) is 1.52. The number of aromatic hydroxyl groups is 1. The molecular weight excluding hydrogens is 433 g/mol. The van der Waals surface area contributed by atoms with Crippen LogP contribution in [0.1, 0.15) is 28.4 Å². The lowest BCUT2D eigenvalue weighted by atomic mass is 10.0. The summed E-state index contributed by atoms with van der Waals surface area (Å²) in [5.41, 5.74) is 2.62. The Balaban J connectivity index is 0.00000392. The maximum Gasteiger partial charge on any atom is 0.344 e. The summed E-state index contributed by atoms with van der Waals surface area (Å²) in [6.07, 6.45) is 0. The molecule has 2 aromatic rings. The van der Waals surface area contributed by atoms with Gasteiger partial charge in [0.15, 0.2) is 12.4 Å².